The van der Waals surface area contributed by atoms with Gasteiger partial charge in [-0.2, -0.15) is 8.78 Å². The van der Waals surface area contributed by atoms with Crippen LogP contribution < -0.4 is 10.1 Å². The van der Waals surface area contributed by atoms with Gasteiger partial charge in [-0.3, -0.25) is 0 Å². The Balaban J connectivity index is 1.84. The normalized spacial score (nSPS) is 20.9. The maximum atomic E-state index is 13.3. The third-order valence-corrected chi connectivity index (χ3v) is 4.29. The quantitative estimate of drug-likeness (QED) is 0.873. The molecule has 0 saturated carbocycles. The molecule has 3 atom stereocenters. The number of hydrogen-bond donors (Lipinski definition) is 2. The third-order valence-electron chi connectivity index (χ3n) is 4.29. The lowest BCUT2D eigenvalue weighted by Gasteiger charge is -2.25. The lowest BCUT2D eigenvalue weighted by Crippen LogP contribution is -2.31. The van der Waals surface area contributed by atoms with E-state index in [-0.39, 0.29) is 11.8 Å². The highest BCUT2D eigenvalue weighted by Gasteiger charge is 2.32. The maximum Gasteiger partial charge on any atom is 0.387 e. The average Bonchev–Trinajstić information content (AvgIpc) is 2.83. The summed E-state index contributed by atoms with van der Waals surface area (Å²) in [4.78, 5) is 0. The molecule has 128 valence electrons. The first-order valence-electron chi connectivity index (χ1n) is 7.72. The van der Waals surface area contributed by atoms with Crippen LogP contribution in [0.2, 0.25) is 0 Å². The Labute approximate surface area is 138 Å². The minimum absolute atomic E-state index is 0.203. The van der Waals surface area contributed by atoms with Crippen LogP contribution in [0, 0.1) is 5.82 Å². The molecular formula is C18H18F3NO2. The number of halogens is 3. The first kappa shape index (κ1) is 16.8. The van der Waals surface area contributed by atoms with E-state index in [9.17, 15) is 18.3 Å². The minimum Gasteiger partial charge on any atom is -0.434 e. The fraction of sp³-hybridized carbons (Fsp3) is 0.333. The minimum atomic E-state index is -3.03. The summed E-state index contributed by atoms with van der Waals surface area (Å²) in [6.07, 6.45) is -0.0746. The molecule has 0 amide bonds. The van der Waals surface area contributed by atoms with E-state index >= 15 is 0 Å². The van der Waals surface area contributed by atoms with Gasteiger partial charge in [0.05, 0.1) is 12.1 Å². The number of hydrogen-bond acceptors (Lipinski definition) is 3. The van der Waals surface area contributed by atoms with Crippen molar-refractivity contribution in [3.63, 3.8) is 0 Å². The number of nitrogens with one attached hydrogen (secondary N) is 1. The molecule has 1 aliphatic carbocycles. The molecule has 2 aromatic carbocycles. The van der Waals surface area contributed by atoms with Gasteiger partial charge in [-0.15, -0.1) is 0 Å². The van der Waals surface area contributed by atoms with Gasteiger partial charge in [0, 0.05) is 24.1 Å². The molecule has 6 heteroatoms. The van der Waals surface area contributed by atoms with E-state index in [0.29, 0.717) is 12.0 Å². The number of aliphatic hydroxyl groups excluding tert-OH is 1. The number of rotatable bonds is 5. The fourth-order valence-electron chi connectivity index (χ4n) is 3.20. The highest BCUT2D eigenvalue weighted by atomic mass is 19.3. The number of benzene rings is 2. The van der Waals surface area contributed by atoms with Gasteiger partial charge in [-0.05, 0) is 24.1 Å². The molecular weight excluding hydrogens is 319 g/mol. The van der Waals surface area contributed by atoms with Crippen molar-refractivity contribution in [3.8, 4) is 5.75 Å². The first-order chi connectivity index (χ1) is 11.5. The van der Waals surface area contributed by atoms with E-state index in [1.165, 1.54) is 12.1 Å². The summed E-state index contributed by atoms with van der Waals surface area (Å²) in [5.74, 6) is -0.849. The van der Waals surface area contributed by atoms with Crippen molar-refractivity contribution < 1.29 is 23.0 Å². The molecule has 0 heterocycles. The van der Waals surface area contributed by atoms with Crippen LogP contribution >= 0.6 is 0 Å². The smallest absolute Gasteiger partial charge is 0.387 e. The van der Waals surface area contributed by atoms with Crippen molar-refractivity contribution >= 4 is 0 Å². The van der Waals surface area contributed by atoms with Crippen molar-refractivity contribution in [3.05, 3.63) is 65.0 Å². The van der Waals surface area contributed by atoms with Gasteiger partial charge in [-0.1, -0.05) is 30.3 Å². The van der Waals surface area contributed by atoms with Gasteiger partial charge < -0.3 is 15.2 Å². The lowest BCUT2D eigenvalue weighted by atomic mass is 10.0. The van der Waals surface area contributed by atoms with Gasteiger partial charge in [0.2, 0.25) is 0 Å². The molecule has 0 aliphatic heterocycles. The van der Waals surface area contributed by atoms with Crippen molar-refractivity contribution in [2.45, 2.75) is 38.1 Å². The molecule has 3 rings (SSSR count). The molecule has 2 aromatic rings. The van der Waals surface area contributed by atoms with E-state index in [0.717, 1.165) is 17.2 Å². The fourth-order valence-corrected chi connectivity index (χ4v) is 3.20. The van der Waals surface area contributed by atoms with Crippen LogP contribution in [-0.4, -0.2) is 17.8 Å². The second-order valence-electron chi connectivity index (χ2n) is 5.90. The van der Waals surface area contributed by atoms with E-state index in [1.54, 1.807) is 6.92 Å². The Morgan fingerprint density at radius 2 is 1.96 bits per heavy atom. The molecule has 0 fully saturated rings. The van der Waals surface area contributed by atoms with Gasteiger partial charge in [0.25, 0.3) is 0 Å². The molecule has 3 unspecified atom stereocenters. The van der Waals surface area contributed by atoms with Gasteiger partial charge in [-0.25, -0.2) is 4.39 Å². The molecule has 0 bridgehead atoms. The first-order valence-corrected chi connectivity index (χ1v) is 7.72. The summed E-state index contributed by atoms with van der Waals surface area (Å²) in [5, 5.41) is 13.5. The number of ether oxygens (including phenoxy) is 1. The Hall–Kier alpha value is -2.05. The topological polar surface area (TPSA) is 41.5 Å². The van der Waals surface area contributed by atoms with Crippen LogP contribution in [0.15, 0.2) is 42.5 Å². The van der Waals surface area contributed by atoms with Crippen LogP contribution in [-0.2, 0) is 6.42 Å². The zero-order valence-electron chi connectivity index (χ0n) is 13.0. The number of aliphatic hydroxyl groups is 1. The van der Waals surface area contributed by atoms with Gasteiger partial charge >= 0.3 is 6.61 Å². The number of fused-ring (bicyclic) bond motifs is 1. The maximum absolute atomic E-state index is 13.3. The summed E-state index contributed by atoms with van der Waals surface area (Å²) in [6, 6.07) is 10.5. The summed E-state index contributed by atoms with van der Waals surface area (Å²) in [7, 11) is 0. The largest absolute Gasteiger partial charge is 0.434 e. The second-order valence-corrected chi connectivity index (χ2v) is 5.90. The van der Waals surface area contributed by atoms with Crippen LogP contribution in [0.1, 0.15) is 35.7 Å². The Kier molecular flexibility index (Phi) is 4.78. The molecule has 0 radical (unpaired) electrons. The van der Waals surface area contributed by atoms with Crippen molar-refractivity contribution in [2.75, 3.05) is 0 Å². The van der Waals surface area contributed by atoms with E-state index in [1.807, 2.05) is 24.3 Å². The Morgan fingerprint density at radius 3 is 2.71 bits per heavy atom. The SMILES string of the molecule is CC(NC1c2ccccc2CC1O)c1ccc(F)cc1OC(F)F. The Morgan fingerprint density at radius 1 is 1.21 bits per heavy atom. The van der Waals surface area contributed by atoms with Crippen molar-refractivity contribution in [1.82, 2.24) is 5.32 Å². The zero-order valence-corrected chi connectivity index (χ0v) is 13.0. The highest BCUT2D eigenvalue weighted by Crippen LogP contribution is 2.35. The van der Waals surface area contributed by atoms with Crippen LogP contribution in [0.25, 0.3) is 0 Å². The van der Waals surface area contributed by atoms with Crippen molar-refractivity contribution in [1.29, 1.82) is 0 Å². The van der Waals surface area contributed by atoms with Crippen molar-refractivity contribution in [2.24, 2.45) is 0 Å². The molecule has 1 aliphatic rings. The number of alkyl halides is 2. The monoisotopic (exact) mass is 337 g/mol. The van der Waals surface area contributed by atoms with Gasteiger partial charge in [0.1, 0.15) is 11.6 Å². The van der Waals surface area contributed by atoms with E-state index < -0.39 is 24.6 Å². The summed E-state index contributed by atoms with van der Waals surface area (Å²) >= 11 is 0. The molecule has 24 heavy (non-hydrogen) atoms. The Bertz CT molecular complexity index is 723. The van der Waals surface area contributed by atoms with Gasteiger partial charge in [0.15, 0.2) is 0 Å². The second kappa shape index (κ2) is 6.83. The van der Waals surface area contributed by atoms with E-state index in [4.69, 9.17) is 0 Å². The predicted octanol–water partition coefficient (Wildman–Crippen LogP) is 3.74. The summed E-state index contributed by atoms with van der Waals surface area (Å²) in [5.41, 5.74) is 2.45. The molecule has 3 nitrogen and oxygen atoms in total. The third kappa shape index (κ3) is 3.39. The highest BCUT2D eigenvalue weighted by molar-refractivity contribution is 5.39. The predicted molar refractivity (Wildman–Crippen MR) is 83.5 cm³/mol. The summed E-state index contributed by atoms with van der Waals surface area (Å²) < 4.78 is 42.9. The lowest BCUT2D eigenvalue weighted by molar-refractivity contribution is -0.0509. The average molecular weight is 337 g/mol. The standard InChI is InChI=1S/C18H18F3NO2/c1-10(13-7-6-12(19)9-16(13)24-18(20)21)22-17-14-5-3-2-4-11(14)8-15(17)23/h2-7,9-10,15,17-18,22-23H,8H2,1H3. The van der Waals surface area contributed by atoms with Crippen LogP contribution in [0.3, 0.4) is 0 Å². The van der Waals surface area contributed by atoms with E-state index in [2.05, 4.69) is 10.1 Å². The van der Waals surface area contributed by atoms with Crippen LogP contribution in [0.5, 0.6) is 5.75 Å². The molecule has 0 saturated heterocycles. The molecule has 0 spiro atoms. The zero-order chi connectivity index (χ0) is 17.3. The molecule has 2 N–H and O–H groups in total. The van der Waals surface area contributed by atoms with Crippen LogP contribution in [0.4, 0.5) is 13.2 Å². The molecule has 0 aromatic heterocycles. The summed E-state index contributed by atoms with van der Waals surface area (Å²) in [6.45, 7) is -1.27.